The van der Waals surface area contributed by atoms with Crippen LogP contribution in [0.5, 0.6) is 0 Å². The smallest absolute Gasteiger partial charge is 0.326 e. The number of nitrogens with one attached hydrogen (secondary N) is 1. The Morgan fingerprint density at radius 1 is 1.22 bits per heavy atom. The summed E-state index contributed by atoms with van der Waals surface area (Å²) in [5.74, 6) is -1.22. The van der Waals surface area contributed by atoms with Gasteiger partial charge in [0.2, 0.25) is 5.91 Å². The molecule has 0 bridgehead atoms. The lowest BCUT2D eigenvalue weighted by molar-refractivity contribution is -0.141. The Hall–Kier alpha value is -3.15. The second kappa shape index (κ2) is 9.15. The molecule has 1 aromatic heterocycles. The fourth-order valence-corrected chi connectivity index (χ4v) is 4.82. The van der Waals surface area contributed by atoms with Crippen molar-refractivity contribution in [1.82, 2.24) is 9.88 Å². The standard InChI is InChI=1S/C26H29FN2O3/c1-3-22(26(31)32)29-23-11-9-18(27)14-20(23)21-15-19(10-12-24(21)29)28-25(30)13-8-17-6-4-16(2)5-7-17/h4-7,9,11,14,19,22H,3,8,10,12-13,15H2,1-2H3,(H,28,30)(H,31,32)/t19-,22?/m0/s1. The summed E-state index contributed by atoms with van der Waals surface area (Å²) in [6, 6.07) is 12.0. The van der Waals surface area contributed by atoms with Crippen LogP contribution in [-0.4, -0.2) is 27.6 Å². The minimum Gasteiger partial charge on any atom is -0.480 e. The lowest BCUT2D eigenvalue weighted by Crippen LogP contribution is -2.39. The summed E-state index contributed by atoms with van der Waals surface area (Å²) in [4.78, 5) is 24.5. The van der Waals surface area contributed by atoms with E-state index in [1.165, 1.54) is 17.7 Å². The van der Waals surface area contributed by atoms with Crippen LogP contribution in [0.4, 0.5) is 4.39 Å². The van der Waals surface area contributed by atoms with E-state index < -0.39 is 12.0 Å². The van der Waals surface area contributed by atoms with E-state index in [4.69, 9.17) is 0 Å². The van der Waals surface area contributed by atoms with Crippen molar-refractivity contribution in [2.45, 2.75) is 64.5 Å². The van der Waals surface area contributed by atoms with E-state index in [1.807, 2.05) is 42.7 Å². The van der Waals surface area contributed by atoms with E-state index in [0.717, 1.165) is 34.1 Å². The van der Waals surface area contributed by atoms with Gasteiger partial charge in [0.15, 0.2) is 0 Å². The Labute approximate surface area is 187 Å². The van der Waals surface area contributed by atoms with Crippen LogP contribution in [0.15, 0.2) is 42.5 Å². The molecule has 6 heteroatoms. The molecular weight excluding hydrogens is 407 g/mol. The van der Waals surface area contributed by atoms with Crippen LogP contribution in [0.3, 0.4) is 0 Å². The Balaban J connectivity index is 1.53. The summed E-state index contributed by atoms with van der Waals surface area (Å²) in [6.07, 6.45) is 3.51. The molecule has 0 fully saturated rings. The topological polar surface area (TPSA) is 71.3 Å². The van der Waals surface area contributed by atoms with Gasteiger partial charge in [0.25, 0.3) is 0 Å². The third-order valence-corrected chi connectivity index (χ3v) is 6.47. The number of benzene rings is 2. The Morgan fingerprint density at radius 2 is 1.97 bits per heavy atom. The number of rotatable bonds is 7. The number of halogens is 1. The highest BCUT2D eigenvalue weighted by Gasteiger charge is 2.30. The molecule has 2 atom stereocenters. The molecule has 1 heterocycles. The second-order valence-electron chi connectivity index (χ2n) is 8.71. The van der Waals surface area contributed by atoms with E-state index in [2.05, 4.69) is 5.32 Å². The normalized spacial score (nSPS) is 16.5. The van der Waals surface area contributed by atoms with Gasteiger partial charge >= 0.3 is 5.97 Å². The number of aromatic nitrogens is 1. The maximum atomic E-state index is 14.1. The van der Waals surface area contributed by atoms with Gasteiger partial charge in [-0.3, -0.25) is 4.79 Å². The number of amides is 1. The van der Waals surface area contributed by atoms with Gasteiger partial charge in [-0.05, 0) is 68.4 Å². The third-order valence-electron chi connectivity index (χ3n) is 6.47. The van der Waals surface area contributed by atoms with Crippen molar-refractivity contribution in [3.05, 3.63) is 70.7 Å². The molecule has 0 aliphatic heterocycles. The number of carboxylic acid groups (broad SMARTS) is 1. The molecule has 0 spiro atoms. The van der Waals surface area contributed by atoms with Gasteiger partial charge in [0.1, 0.15) is 11.9 Å². The average molecular weight is 437 g/mol. The SMILES string of the molecule is CCC(C(=O)O)n1c2c(c3cc(F)ccc31)C[C@@H](NC(=O)CCc1ccc(C)cc1)CC2. The molecule has 0 saturated carbocycles. The third kappa shape index (κ3) is 4.40. The van der Waals surface area contributed by atoms with Crippen molar-refractivity contribution in [3.8, 4) is 0 Å². The molecule has 3 aromatic rings. The first kappa shape index (κ1) is 22.1. The molecule has 5 nitrogen and oxygen atoms in total. The van der Waals surface area contributed by atoms with Crippen LogP contribution in [0.2, 0.25) is 0 Å². The summed E-state index contributed by atoms with van der Waals surface area (Å²) >= 11 is 0. The zero-order chi connectivity index (χ0) is 22.8. The highest BCUT2D eigenvalue weighted by atomic mass is 19.1. The molecule has 0 saturated heterocycles. The van der Waals surface area contributed by atoms with Crippen LogP contribution in [0.1, 0.15) is 54.6 Å². The zero-order valence-electron chi connectivity index (χ0n) is 18.5. The molecule has 1 aliphatic rings. The van der Waals surface area contributed by atoms with Crippen molar-refractivity contribution in [3.63, 3.8) is 0 Å². The predicted molar refractivity (Wildman–Crippen MR) is 122 cm³/mol. The highest BCUT2D eigenvalue weighted by molar-refractivity contribution is 5.88. The first-order valence-electron chi connectivity index (χ1n) is 11.3. The lowest BCUT2D eigenvalue weighted by atomic mass is 9.91. The van der Waals surface area contributed by atoms with Gasteiger partial charge < -0.3 is 15.0 Å². The van der Waals surface area contributed by atoms with Crippen molar-refractivity contribution in [1.29, 1.82) is 0 Å². The summed E-state index contributed by atoms with van der Waals surface area (Å²) in [7, 11) is 0. The molecule has 4 rings (SSSR count). The molecule has 32 heavy (non-hydrogen) atoms. The minimum absolute atomic E-state index is 0.00548. The maximum Gasteiger partial charge on any atom is 0.326 e. The van der Waals surface area contributed by atoms with Gasteiger partial charge in [-0.25, -0.2) is 9.18 Å². The van der Waals surface area contributed by atoms with Crippen molar-refractivity contribution < 1.29 is 19.1 Å². The Bertz CT molecular complexity index is 1150. The highest BCUT2D eigenvalue weighted by Crippen LogP contribution is 2.36. The average Bonchev–Trinajstić information content (AvgIpc) is 3.07. The monoisotopic (exact) mass is 436 g/mol. The van der Waals surface area contributed by atoms with Crippen molar-refractivity contribution in [2.24, 2.45) is 0 Å². The van der Waals surface area contributed by atoms with Crippen LogP contribution in [0.25, 0.3) is 10.9 Å². The first-order chi connectivity index (χ1) is 15.4. The molecule has 2 aromatic carbocycles. The lowest BCUT2D eigenvalue weighted by Gasteiger charge is -2.26. The molecule has 1 aliphatic carbocycles. The number of carbonyl (C=O) groups is 2. The largest absolute Gasteiger partial charge is 0.480 e. The number of carbonyl (C=O) groups excluding carboxylic acids is 1. The number of carboxylic acids is 1. The van der Waals surface area contributed by atoms with Crippen LogP contribution < -0.4 is 5.32 Å². The molecule has 168 valence electrons. The quantitative estimate of drug-likeness (QED) is 0.562. The summed E-state index contributed by atoms with van der Waals surface area (Å²) < 4.78 is 15.9. The van der Waals surface area contributed by atoms with Crippen molar-refractivity contribution >= 4 is 22.8 Å². The number of aliphatic carboxylic acids is 1. The van der Waals surface area contributed by atoms with Crippen LogP contribution >= 0.6 is 0 Å². The molecule has 1 unspecified atom stereocenters. The Kier molecular flexibility index (Phi) is 6.31. The molecule has 2 N–H and O–H groups in total. The summed E-state index contributed by atoms with van der Waals surface area (Å²) in [5.41, 5.74) is 4.98. The summed E-state index contributed by atoms with van der Waals surface area (Å²) in [5, 5.41) is 13.6. The fourth-order valence-electron chi connectivity index (χ4n) is 4.82. The van der Waals surface area contributed by atoms with Crippen molar-refractivity contribution in [2.75, 3.05) is 0 Å². The Morgan fingerprint density at radius 3 is 2.66 bits per heavy atom. The van der Waals surface area contributed by atoms with Gasteiger partial charge in [-0.2, -0.15) is 0 Å². The van der Waals surface area contributed by atoms with E-state index in [1.54, 1.807) is 6.07 Å². The second-order valence-corrected chi connectivity index (χ2v) is 8.71. The number of nitrogens with zero attached hydrogens (tertiary/aromatic N) is 1. The van der Waals surface area contributed by atoms with E-state index in [0.29, 0.717) is 32.1 Å². The van der Waals surface area contributed by atoms with E-state index in [-0.39, 0.29) is 17.8 Å². The van der Waals surface area contributed by atoms with Gasteiger partial charge in [-0.15, -0.1) is 0 Å². The molecule has 1 amide bonds. The van der Waals surface area contributed by atoms with Gasteiger partial charge in [0, 0.05) is 29.1 Å². The van der Waals surface area contributed by atoms with E-state index in [9.17, 15) is 19.1 Å². The predicted octanol–water partition coefficient (Wildman–Crippen LogP) is 4.73. The number of fused-ring (bicyclic) bond motifs is 3. The minimum atomic E-state index is -0.886. The van der Waals surface area contributed by atoms with Gasteiger partial charge in [-0.1, -0.05) is 36.8 Å². The number of hydrogen-bond acceptors (Lipinski definition) is 2. The summed E-state index contributed by atoms with van der Waals surface area (Å²) in [6.45, 7) is 3.89. The number of hydrogen-bond donors (Lipinski definition) is 2. The molecule has 0 radical (unpaired) electrons. The first-order valence-corrected chi connectivity index (χ1v) is 11.3. The fraction of sp³-hybridized carbons (Fsp3) is 0.385. The molecular formula is C26H29FN2O3. The maximum absolute atomic E-state index is 14.1. The number of aryl methyl sites for hydroxylation is 2. The zero-order valence-corrected chi connectivity index (χ0v) is 18.5. The van der Waals surface area contributed by atoms with Crippen LogP contribution in [-0.2, 0) is 28.9 Å². The van der Waals surface area contributed by atoms with E-state index >= 15 is 0 Å². The van der Waals surface area contributed by atoms with Crippen LogP contribution in [0, 0.1) is 12.7 Å². The van der Waals surface area contributed by atoms with Gasteiger partial charge in [0.05, 0.1) is 0 Å².